The van der Waals surface area contributed by atoms with Gasteiger partial charge in [0.1, 0.15) is 5.15 Å². The van der Waals surface area contributed by atoms with Gasteiger partial charge in [0, 0.05) is 5.56 Å². The predicted molar refractivity (Wildman–Crippen MR) is 53.2 cm³/mol. The van der Waals surface area contributed by atoms with Crippen molar-refractivity contribution in [1.82, 2.24) is 9.97 Å². The van der Waals surface area contributed by atoms with Gasteiger partial charge in [0.2, 0.25) is 5.28 Å². The Morgan fingerprint density at radius 3 is 2.85 bits per heavy atom. The molecule has 0 aliphatic heterocycles. The highest BCUT2D eigenvalue weighted by molar-refractivity contribution is 6.32. The lowest BCUT2D eigenvalue weighted by molar-refractivity contribution is 0.492. The summed E-state index contributed by atoms with van der Waals surface area (Å²) in [5.41, 5.74) is 2.12. The first kappa shape index (κ1) is 9.22. The topological polar surface area (TPSA) is 25.8 Å². The van der Waals surface area contributed by atoms with E-state index in [4.69, 9.17) is 23.2 Å². The molecular weight excluding hydrogens is 207 g/mol. The van der Waals surface area contributed by atoms with Gasteiger partial charge >= 0.3 is 0 Å². The molecule has 0 bridgehead atoms. The van der Waals surface area contributed by atoms with Crippen LogP contribution < -0.4 is 0 Å². The van der Waals surface area contributed by atoms with E-state index < -0.39 is 0 Å². The molecule has 1 atom stereocenters. The lowest BCUT2D eigenvalue weighted by Gasteiger charge is -2.20. The average molecular weight is 217 g/mol. The summed E-state index contributed by atoms with van der Waals surface area (Å²) in [5.74, 6) is 0.676. The molecule has 13 heavy (non-hydrogen) atoms. The number of rotatable bonds is 0. The van der Waals surface area contributed by atoms with Crippen molar-refractivity contribution in [2.45, 2.75) is 26.2 Å². The van der Waals surface area contributed by atoms with E-state index >= 15 is 0 Å². The molecule has 1 aliphatic carbocycles. The van der Waals surface area contributed by atoms with Gasteiger partial charge in [0.25, 0.3) is 0 Å². The minimum atomic E-state index is 0.262. The molecule has 1 aliphatic rings. The maximum Gasteiger partial charge on any atom is 0.224 e. The number of aromatic nitrogens is 2. The standard InChI is InChI=1S/C9H10Cl2N2/c1-5-2-3-7-6(4-5)8(10)13-9(11)12-7/h5H,2-4H2,1H3. The summed E-state index contributed by atoms with van der Waals surface area (Å²) >= 11 is 11.7. The highest BCUT2D eigenvalue weighted by atomic mass is 35.5. The fraction of sp³-hybridized carbons (Fsp3) is 0.556. The van der Waals surface area contributed by atoms with Crippen LogP contribution in [-0.2, 0) is 12.8 Å². The smallest absolute Gasteiger partial charge is 0.223 e. The van der Waals surface area contributed by atoms with E-state index in [0.717, 1.165) is 30.5 Å². The Morgan fingerprint density at radius 2 is 2.08 bits per heavy atom. The maximum absolute atomic E-state index is 5.98. The molecule has 0 radical (unpaired) electrons. The highest BCUT2D eigenvalue weighted by Gasteiger charge is 2.20. The van der Waals surface area contributed by atoms with Crippen LogP contribution in [0.2, 0.25) is 10.4 Å². The number of aryl methyl sites for hydroxylation is 1. The molecule has 0 saturated carbocycles. The first-order chi connectivity index (χ1) is 6.16. The van der Waals surface area contributed by atoms with Crippen molar-refractivity contribution >= 4 is 23.2 Å². The Labute approximate surface area is 87.3 Å². The molecule has 1 aromatic heterocycles. The molecule has 1 heterocycles. The minimum Gasteiger partial charge on any atom is -0.223 e. The van der Waals surface area contributed by atoms with Crippen molar-refractivity contribution < 1.29 is 0 Å². The van der Waals surface area contributed by atoms with Gasteiger partial charge in [-0.1, -0.05) is 18.5 Å². The second-order valence-electron chi connectivity index (χ2n) is 3.56. The van der Waals surface area contributed by atoms with Crippen LogP contribution in [-0.4, -0.2) is 9.97 Å². The number of hydrogen-bond acceptors (Lipinski definition) is 2. The van der Waals surface area contributed by atoms with Crippen LogP contribution in [0.3, 0.4) is 0 Å². The van der Waals surface area contributed by atoms with Gasteiger partial charge in [0.15, 0.2) is 0 Å². The summed E-state index contributed by atoms with van der Waals surface area (Å²) < 4.78 is 0. The molecule has 2 rings (SSSR count). The van der Waals surface area contributed by atoms with Gasteiger partial charge in [-0.2, -0.15) is 0 Å². The van der Waals surface area contributed by atoms with Crippen molar-refractivity contribution in [3.63, 3.8) is 0 Å². The Morgan fingerprint density at radius 1 is 1.31 bits per heavy atom. The normalized spacial score (nSPS) is 21.3. The molecule has 0 fully saturated rings. The van der Waals surface area contributed by atoms with E-state index in [1.807, 2.05) is 0 Å². The van der Waals surface area contributed by atoms with Crippen LogP contribution in [0.25, 0.3) is 0 Å². The lowest BCUT2D eigenvalue weighted by Crippen LogP contribution is -2.14. The number of fused-ring (bicyclic) bond motifs is 1. The van der Waals surface area contributed by atoms with Gasteiger partial charge in [0.05, 0.1) is 5.69 Å². The van der Waals surface area contributed by atoms with Crippen molar-refractivity contribution in [3.8, 4) is 0 Å². The zero-order valence-electron chi connectivity index (χ0n) is 7.35. The molecule has 0 spiro atoms. The summed E-state index contributed by atoms with van der Waals surface area (Å²) in [6, 6.07) is 0. The van der Waals surface area contributed by atoms with Crippen molar-refractivity contribution in [2.75, 3.05) is 0 Å². The van der Waals surface area contributed by atoms with E-state index in [-0.39, 0.29) is 5.28 Å². The van der Waals surface area contributed by atoms with Crippen LogP contribution in [0.1, 0.15) is 24.6 Å². The van der Waals surface area contributed by atoms with Gasteiger partial charge < -0.3 is 0 Å². The zero-order chi connectivity index (χ0) is 9.42. The van der Waals surface area contributed by atoms with Crippen molar-refractivity contribution in [3.05, 3.63) is 21.7 Å². The van der Waals surface area contributed by atoms with Crippen LogP contribution >= 0.6 is 23.2 Å². The van der Waals surface area contributed by atoms with Crippen LogP contribution in [0.5, 0.6) is 0 Å². The summed E-state index contributed by atoms with van der Waals surface area (Å²) in [7, 11) is 0. The number of hydrogen-bond donors (Lipinski definition) is 0. The number of nitrogens with zero attached hydrogens (tertiary/aromatic N) is 2. The second-order valence-corrected chi connectivity index (χ2v) is 4.25. The van der Waals surface area contributed by atoms with E-state index in [9.17, 15) is 0 Å². The molecule has 0 aromatic carbocycles. The monoisotopic (exact) mass is 216 g/mol. The Hall–Kier alpha value is -0.340. The molecule has 0 saturated heterocycles. The highest BCUT2D eigenvalue weighted by Crippen LogP contribution is 2.29. The minimum absolute atomic E-state index is 0.262. The van der Waals surface area contributed by atoms with E-state index in [2.05, 4.69) is 16.9 Å². The first-order valence-electron chi connectivity index (χ1n) is 4.37. The molecule has 1 unspecified atom stereocenters. The van der Waals surface area contributed by atoms with Crippen LogP contribution in [0, 0.1) is 5.92 Å². The third-order valence-electron chi connectivity index (χ3n) is 2.44. The van der Waals surface area contributed by atoms with Crippen molar-refractivity contribution in [1.29, 1.82) is 0 Å². The van der Waals surface area contributed by atoms with Crippen LogP contribution in [0.4, 0.5) is 0 Å². The predicted octanol–water partition coefficient (Wildman–Crippen LogP) is 2.91. The van der Waals surface area contributed by atoms with Gasteiger partial charge in [-0.05, 0) is 36.8 Å². The molecule has 70 valence electrons. The van der Waals surface area contributed by atoms with Crippen molar-refractivity contribution in [2.24, 2.45) is 5.92 Å². The Bertz CT molecular complexity index is 339. The summed E-state index contributed by atoms with van der Waals surface area (Å²) in [6.45, 7) is 2.22. The molecule has 4 heteroatoms. The van der Waals surface area contributed by atoms with E-state index in [1.54, 1.807) is 0 Å². The zero-order valence-corrected chi connectivity index (χ0v) is 8.86. The van der Waals surface area contributed by atoms with Gasteiger partial charge in [-0.25, -0.2) is 9.97 Å². The summed E-state index contributed by atoms with van der Waals surface area (Å²) in [6.07, 6.45) is 3.11. The molecule has 1 aromatic rings. The third kappa shape index (κ3) is 1.79. The molecular formula is C9H10Cl2N2. The Balaban J connectivity index is 2.47. The van der Waals surface area contributed by atoms with Gasteiger partial charge in [-0.3, -0.25) is 0 Å². The largest absolute Gasteiger partial charge is 0.224 e. The summed E-state index contributed by atoms with van der Waals surface area (Å²) in [4.78, 5) is 8.12. The fourth-order valence-corrected chi connectivity index (χ4v) is 2.21. The van der Waals surface area contributed by atoms with E-state index in [0.29, 0.717) is 11.1 Å². The average Bonchev–Trinajstić information content (AvgIpc) is 2.06. The molecule has 0 amide bonds. The van der Waals surface area contributed by atoms with Crippen LogP contribution in [0.15, 0.2) is 0 Å². The van der Waals surface area contributed by atoms with E-state index in [1.165, 1.54) is 0 Å². The SMILES string of the molecule is CC1CCc2nc(Cl)nc(Cl)c2C1. The molecule has 2 nitrogen and oxygen atoms in total. The third-order valence-corrected chi connectivity index (χ3v) is 2.92. The number of halogens is 2. The van der Waals surface area contributed by atoms with Gasteiger partial charge in [-0.15, -0.1) is 0 Å². The molecule has 0 N–H and O–H groups in total. The quantitative estimate of drug-likeness (QED) is 0.493. The maximum atomic E-state index is 5.98. The second kappa shape index (κ2) is 3.43. The Kier molecular flexibility index (Phi) is 2.43. The first-order valence-corrected chi connectivity index (χ1v) is 5.13. The lowest BCUT2D eigenvalue weighted by atomic mass is 9.89. The fourth-order valence-electron chi connectivity index (χ4n) is 1.71. The summed E-state index contributed by atoms with van der Waals surface area (Å²) in [5, 5.41) is 0.792.